The minimum atomic E-state index is -4.64. The van der Waals surface area contributed by atoms with Gasteiger partial charge in [-0.3, -0.25) is 9.20 Å². The average molecular weight is 417 g/mol. The highest BCUT2D eigenvalue weighted by Crippen LogP contribution is 2.39. The number of carbonyl (C=O) groups excluding carboxylic acids is 1. The standard InChI is InChI=1S/C20H18F3N5O2/c21-20(22,23)16-8-27-14(6-25-18(27)17(24)26-16)11-3-4-13-12(5-11)7-28(19(13)30)15(9-29)10-1-2-10/h3-6,8,10,15,29H,1-2,7,9H2,(H2,24,26). The van der Waals surface area contributed by atoms with E-state index in [1.54, 1.807) is 23.1 Å². The second kappa shape index (κ2) is 6.43. The number of halogens is 3. The number of carbonyl (C=O) groups is 1. The molecule has 0 spiro atoms. The molecular formula is C20H18F3N5O2. The van der Waals surface area contributed by atoms with Crippen LogP contribution in [0.15, 0.2) is 30.6 Å². The van der Waals surface area contributed by atoms with Gasteiger partial charge in [0.05, 0.1) is 24.5 Å². The summed E-state index contributed by atoms with van der Waals surface area (Å²) in [6.45, 7) is 0.273. The number of alkyl halides is 3. The van der Waals surface area contributed by atoms with Gasteiger partial charge in [-0.05, 0) is 36.5 Å². The van der Waals surface area contributed by atoms with Crippen molar-refractivity contribution >= 4 is 17.4 Å². The molecule has 2 aromatic heterocycles. The number of anilines is 1. The van der Waals surface area contributed by atoms with Crippen LogP contribution in [-0.4, -0.2) is 42.9 Å². The highest BCUT2D eigenvalue weighted by molar-refractivity contribution is 5.99. The van der Waals surface area contributed by atoms with Gasteiger partial charge in [-0.15, -0.1) is 0 Å². The minimum absolute atomic E-state index is 0.0863. The van der Waals surface area contributed by atoms with Crippen LogP contribution in [0.25, 0.3) is 16.9 Å². The zero-order chi connectivity index (χ0) is 21.2. The molecule has 1 saturated carbocycles. The number of fused-ring (bicyclic) bond motifs is 2. The molecule has 1 amide bonds. The number of benzene rings is 1. The molecular weight excluding hydrogens is 399 g/mol. The van der Waals surface area contributed by atoms with Crippen LogP contribution in [0.1, 0.15) is 34.5 Å². The Morgan fingerprint density at radius 2 is 2.07 bits per heavy atom. The van der Waals surface area contributed by atoms with Crippen molar-refractivity contribution in [2.75, 3.05) is 12.3 Å². The summed E-state index contributed by atoms with van der Waals surface area (Å²) in [5.74, 6) is -0.120. The number of nitrogens with zero attached hydrogens (tertiary/aromatic N) is 4. The normalized spacial score (nSPS) is 17.6. The maximum Gasteiger partial charge on any atom is 0.434 e. The van der Waals surface area contributed by atoms with E-state index in [0.717, 1.165) is 24.6 Å². The van der Waals surface area contributed by atoms with E-state index in [2.05, 4.69) is 9.97 Å². The summed E-state index contributed by atoms with van der Waals surface area (Å²) < 4.78 is 40.8. The van der Waals surface area contributed by atoms with Crippen LogP contribution in [0.4, 0.5) is 19.0 Å². The van der Waals surface area contributed by atoms with Gasteiger partial charge < -0.3 is 15.7 Å². The number of nitrogens with two attached hydrogens (primary N) is 1. The van der Waals surface area contributed by atoms with Gasteiger partial charge in [0.25, 0.3) is 5.91 Å². The third-order valence-electron chi connectivity index (χ3n) is 5.80. The molecule has 5 rings (SSSR count). The highest BCUT2D eigenvalue weighted by Gasteiger charge is 2.40. The largest absolute Gasteiger partial charge is 0.434 e. The molecule has 30 heavy (non-hydrogen) atoms. The summed E-state index contributed by atoms with van der Waals surface area (Å²) in [6.07, 6.45) is -0.347. The van der Waals surface area contributed by atoms with E-state index >= 15 is 0 Å². The Kier molecular flexibility index (Phi) is 4.04. The van der Waals surface area contributed by atoms with E-state index < -0.39 is 11.9 Å². The van der Waals surface area contributed by atoms with Gasteiger partial charge >= 0.3 is 6.18 Å². The number of aromatic nitrogens is 3. The smallest absolute Gasteiger partial charge is 0.394 e. The van der Waals surface area contributed by atoms with Crippen molar-refractivity contribution in [2.45, 2.75) is 31.6 Å². The lowest BCUT2D eigenvalue weighted by atomic mass is 10.0. The summed E-state index contributed by atoms with van der Waals surface area (Å²) in [5.41, 5.74) is 7.05. The quantitative estimate of drug-likeness (QED) is 0.681. The topological polar surface area (TPSA) is 96.7 Å². The molecule has 1 aliphatic heterocycles. The zero-order valence-electron chi connectivity index (χ0n) is 15.7. The Morgan fingerprint density at radius 3 is 2.73 bits per heavy atom. The van der Waals surface area contributed by atoms with E-state index in [9.17, 15) is 23.1 Å². The first kappa shape index (κ1) is 18.9. The average Bonchev–Trinajstić information content (AvgIpc) is 3.35. The summed E-state index contributed by atoms with van der Waals surface area (Å²) >= 11 is 0. The Morgan fingerprint density at radius 1 is 1.30 bits per heavy atom. The first-order valence-corrected chi connectivity index (χ1v) is 9.54. The van der Waals surface area contributed by atoms with Gasteiger partial charge in [0.1, 0.15) is 0 Å². The molecule has 1 aromatic carbocycles. The number of nitrogen functional groups attached to an aromatic ring is 1. The maximum atomic E-state index is 13.2. The number of hydrogen-bond donors (Lipinski definition) is 2. The van der Waals surface area contributed by atoms with Crippen molar-refractivity contribution in [3.8, 4) is 11.3 Å². The fraction of sp³-hybridized carbons (Fsp3) is 0.350. The molecule has 1 fully saturated rings. The monoisotopic (exact) mass is 417 g/mol. The van der Waals surface area contributed by atoms with Crippen molar-refractivity contribution < 1.29 is 23.1 Å². The van der Waals surface area contributed by atoms with Gasteiger partial charge in [-0.25, -0.2) is 9.97 Å². The fourth-order valence-corrected chi connectivity index (χ4v) is 4.12. The molecule has 7 nitrogen and oxygen atoms in total. The van der Waals surface area contributed by atoms with E-state index in [1.807, 2.05) is 0 Å². The van der Waals surface area contributed by atoms with Gasteiger partial charge in [0.2, 0.25) is 0 Å². The van der Waals surface area contributed by atoms with Gasteiger partial charge in [0.15, 0.2) is 17.2 Å². The molecule has 0 radical (unpaired) electrons. The van der Waals surface area contributed by atoms with Crippen molar-refractivity contribution in [3.05, 3.63) is 47.4 Å². The maximum absolute atomic E-state index is 13.2. The number of aliphatic hydroxyl groups excluding tert-OH is 1. The lowest BCUT2D eigenvalue weighted by Gasteiger charge is -2.25. The number of rotatable bonds is 4. The highest BCUT2D eigenvalue weighted by atomic mass is 19.4. The van der Waals surface area contributed by atoms with Crippen LogP contribution in [0.5, 0.6) is 0 Å². The lowest BCUT2D eigenvalue weighted by molar-refractivity contribution is -0.141. The second-order valence-electron chi connectivity index (χ2n) is 7.74. The lowest BCUT2D eigenvalue weighted by Crippen LogP contribution is -2.39. The van der Waals surface area contributed by atoms with Gasteiger partial charge in [-0.2, -0.15) is 13.2 Å². The molecule has 156 valence electrons. The molecule has 1 aliphatic carbocycles. The van der Waals surface area contributed by atoms with Crippen LogP contribution < -0.4 is 5.73 Å². The van der Waals surface area contributed by atoms with Crippen LogP contribution in [-0.2, 0) is 12.7 Å². The molecule has 0 saturated heterocycles. The summed E-state index contributed by atoms with van der Waals surface area (Å²) in [7, 11) is 0. The summed E-state index contributed by atoms with van der Waals surface area (Å²) in [6, 6.07) is 4.92. The van der Waals surface area contributed by atoms with Crippen LogP contribution in [0.2, 0.25) is 0 Å². The molecule has 1 unspecified atom stereocenters. The third-order valence-corrected chi connectivity index (χ3v) is 5.80. The molecule has 0 bridgehead atoms. The molecule has 1 atom stereocenters. The summed E-state index contributed by atoms with van der Waals surface area (Å²) in [5, 5.41) is 9.72. The van der Waals surface area contributed by atoms with Crippen molar-refractivity contribution in [1.29, 1.82) is 0 Å². The molecule has 2 aliphatic rings. The van der Waals surface area contributed by atoms with Gasteiger partial charge in [-0.1, -0.05) is 6.07 Å². The van der Waals surface area contributed by atoms with Gasteiger partial charge in [0, 0.05) is 23.9 Å². The van der Waals surface area contributed by atoms with E-state index in [1.165, 1.54) is 10.6 Å². The van der Waals surface area contributed by atoms with E-state index in [4.69, 9.17) is 5.73 Å². The predicted molar refractivity (Wildman–Crippen MR) is 101 cm³/mol. The zero-order valence-corrected chi connectivity index (χ0v) is 15.7. The molecule has 10 heteroatoms. The van der Waals surface area contributed by atoms with E-state index in [0.29, 0.717) is 29.3 Å². The molecule has 3 aromatic rings. The first-order valence-electron chi connectivity index (χ1n) is 9.54. The predicted octanol–water partition coefficient (Wildman–Crippen LogP) is 2.72. The second-order valence-corrected chi connectivity index (χ2v) is 7.74. The van der Waals surface area contributed by atoms with Crippen LogP contribution in [0.3, 0.4) is 0 Å². The van der Waals surface area contributed by atoms with Crippen molar-refractivity contribution in [1.82, 2.24) is 19.3 Å². The Labute approximate surface area is 169 Å². The fourth-order valence-electron chi connectivity index (χ4n) is 4.12. The first-order chi connectivity index (χ1) is 14.3. The minimum Gasteiger partial charge on any atom is -0.394 e. The van der Waals surface area contributed by atoms with E-state index in [-0.39, 0.29) is 30.0 Å². The Hall–Kier alpha value is -3.14. The van der Waals surface area contributed by atoms with Crippen LogP contribution >= 0.6 is 0 Å². The molecule has 3 N–H and O–H groups in total. The number of amides is 1. The number of imidazole rings is 1. The van der Waals surface area contributed by atoms with Crippen molar-refractivity contribution in [3.63, 3.8) is 0 Å². The third kappa shape index (κ3) is 2.90. The number of hydrogen-bond acceptors (Lipinski definition) is 5. The number of aliphatic hydroxyl groups is 1. The van der Waals surface area contributed by atoms with Crippen molar-refractivity contribution in [2.24, 2.45) is 5.92 Å². The molecule has 3 heterocycles. The Balaban J connectivity index is 1.55. The Bertz CT molecular complexity index is 1170. The summed E-state index contributed by atoms with van der Waals surface area (Å²) in [4.78, 5) is 22.0. The SMILES string of the molecule is Nc1nc(C(F)(F)F)cn2c(-c3ccc4c(c3)CN(C(CO)C3CC3)C4=O)cnc12. The van der Waals surface area contributed by atoms with Crippen LogP contribution in [0, 0.1) is 5.92 Å².